The second-order valence-corrected chi connectivity index (χ2v) is 7.09. The van der Waals surface area contributed by atoms with E-state index in [0.29, 0.717) is 19.5 Å². The lowest BCUT2D eigenvalue weighted by atomic mass is 9.95. The Morgan fingerprint density at radius 1 is 1.16 bits per heavy atom. The van der Waals surface area contributed by atoms with Crippen LogP contribution in [0.4, 0.5) is 0 Å². The van der Waals surface area contributed by atoms with Crippen molar-refractivity contribution in [2.24, 2.45) is 5.92 Å². The molecule has 0 aliphatic carbocycles. The van der Waals surface area contributed by atoms with Gasteiger partial charge in [0.25, 0.3) is 0 Å². The van der Waals surface area contributed by atoms with Crippen LogP contribution in [-0.4, -0.2) is 61.9 Å². The predicted octanol–water partition coefficient (Wildman–Crippen LogP) is 1.93. The minimum absolute atomic E-state index is 0.0533. The average molecular weight is 345 g/mol. The number of carbonyl (C=O) groups excluding carboxylic acids is 2. The molecule has 138 valence electrons. The monoisotopic (exact) mass is 345 g/mol. The molecule has 0 aromatic heterocycles. The SMILES string of the molecule is CN(C)CCCNC(=O)C1CCN(C(=O)CCc2ccccc2)CC1. The Hall–Kier alpha value is -1.88. The zero-order valence-corrected chi connectivity index (χ0v) is 15.5. The van der Waals surface area contributed by atoms with Gasteiger partial charge in [0, 0.05) is 32.0 Å². The molecular weight excluding hydrogens is 314 g/mol. The number of carbonyl (C=O) groups is 2. The second-order valence-electron chi connectivity index (χ2n) is 7.09. The predicted molar refractivity (Wildman–Crippen MR) is 100 cm³/mol. The summed E-state index contributed by atoms with van der Waals surface area (Å²) in [5.74, 6) is 0.404. The maximum atomic E-state index is 12.3. The highest BCUT2D eigenvalue weighted by molar-refractivity contribution is 5.80. The fraction of sp³-hybridized carbons (Fsp3) is 0.600. The van der Waals surface area contributed by atoms with Gasteiger partial charge in [0.15, 0.2) is 0 Å². The van der Waals surface area contributed by atoms with Crippen LogP contribution in [0.15, 0.2) is 30.3 Å². The molecule has 1 N–H and O–H groups in total. The number of hydrogen-bond donors (Lipinski definition) is 1. The Morgan fingerprint density at radius 3 is 2.48 bits per heavy atom. The van der Waals surface area contributed by atoms with Gasteiger partial charge < -0.3 is 15.1 Å². The molecular formula is C20H31N3O2. The zero-order chi connectivity index (χ0) is 18.1. The van der Waals surface area contributed by atoms with Crippen LogP contribution >= 0.6 is 0 Å². The van der Waals surface area contributed by atoms with E-state index in [0.717, 1.165) is 38.8 Å². The fourth-order valence-electron chi connectivity index (χ4n) is 3.20. The van der Waals surface area contributed by atoms with Crippen LogP contribution < -0.4 is 5.32 Å². The topological polar surface area (TPSA) is 52.7 Å². The molecule has 0 bridgehead atoms. The maximum absolute atomic E-state index is 12.3. The van der Waals surface area contributed by atoms with Crippen molar-refractivity contribution in [2.75, 3.05) is 40.3 Å². The molecule has 1 saturated heterocycles. The van der Waals surface area contributed by atoms with Crippen molar-refractivity contribution in [3.8, 4) is 0 Å². The Morgan fingerprint density at radius 2 is 1.84 bits per heavy atom. The molecule has 1 fully saturated rings. The van der Waals surface area contributed by atoms with E-state index in [2.05, 4.69) is 22.3 Å². The summed E-state index contributed by atoms with van der Waals surface area (Å²) in [6, 6.07) is 10.1. The van der Waals surface area contributed by atoms with Crippen molar-refractivity contribution in [3.05, 3.63) is 35.9 Å². The Bertz CT molecular complexity index is 537. The lowest BCUT2D eigenvalue weighted by Crippen LogP contribution is -2.43. The van der Waals surface area contributed by atoms with Gasteiger partial charge in [-0.25, -0.2) is 0 Å². The largest absolute Gasteiger partial charge is 0.356 e. The van der Waals surface area contributed by atoms with Gasteiger partial charge in [-0.1, -0.05) is 30.3 Å². The summed E-state index contributed by atoms with van der Waals surface area (Å²) in [6.07, 6.45) is 3.85. The number of piperidine rings is 1. The second kappa shape index (κ2) is 10.2. The average Bonchev–Trinajstić information content (AvgIpc) is 2.64. The van der Waals surface area contributed by atoms with Gasteiger partial charge >= 0.3 is 0 Å². The van der Waals surface area contributed by atoms with Crippen LogP contribution in [0, 0.1) is 5.92 Å². The fourth-order valence-corrected chi connectivity index (χ4v) is 3.20. The van der Waals surface area contributed by atoms with Gasteiger partial charge in [-0.2, -0.15) is 0 Å². The summed E-state index contributed by atoms with van der Waals surface area (Å²) in [6.45, 7) is 3.11. The molecule has 0 atom stereocenters. The highest BCUT2D eigenvalue weighted by Crippen LogP contribution is 2.18. The van der Waals surface area contributed by atoms with E-state index in [4.69, 9.17) is 0 Å². The molecule has 0 saturated carbocycles. The molecule has 1 heterocycles. The molecule has 5 heteroatoms. The molecule has 25 heavy (non-hydrogen) atoms. The molecule has 2 amide bonds. The molecule has 1 aliphatic rings. The van der Waals surface area contributed by atoms with E-state index in [9.17, 15) is 9.59 Å². The third-order valence-corrected chi connectivity index (χ3v) is 4.77. The van der Waals surface area contributed by atoms with Crippen LogP contribution in [0.5, 0.6) is 0 Å². The Kier molecular flexibility index (Phi) is 7.92. The first-order valence-corrected chi connectivity index (χ1v) is 9.30. The standard InChI is InChI=1S/C20H31N3O2/c1-22(2)14-6-13-21-20(25)18-11-15-23(16-12-18)19(24)10-9-17-7-4-3-5-8-17/h3-5,7-8,18H,6,9-16H2,1-2H3,(H,21,25). The van der Waals surface area contributed by atoms with E-state index in [1.807, 2.05) is 37.2 Å². The number of nitrogens with zero attached hydrogens (tertiary/aromatic N) is 2. The number of likely N-dealkylation sites (tertiary alicyclic amines) is 1. The molecule has 1 aromatic rings. The number of amides is 2. The lowest BCUT2D eigenvalue weighted by Gasteiger charge is -2.31. The third-order valence-electron chi connectivity index (χ3n) is 4.77. The van der Waals surface area contributed by atoms with Crippen molar-refractivity contribution in [1.82, 2.24) is 15.1 Å². The summed E-state index contributed by atoms with van der Waals surface area (Å²) in [7, 11) is 4.07. The van der Waals surface area contributed by atoms with E-state index in [1.54, 1.807) is 0 Å². The van der Waals surface area contributed by atoms with E-state index >= 15 is 0 Å². The van der Waals surface area contributed by atoms with E-state index in [-0.39, 0.29) is 17.7 Å². The van der Waals surface area contributed by atoms with Crippen LogP contribution in [0.25, 0.3) is 0 Å². The maximum Gasteiger partial charge on any atom is 0.223 e. The minimum atomic E-state index is 0.0533. The van der Waals surface area contributed by atoms with Crippen LogP contribution in [-0.2, 0) is 16.0 Å². The Labute approximate surface area is 151 Å². The number of rotatable bonds is 8. The van der Waals surface area contributed by atoms with Gasteiger partial charge in [-0.15, -0.1) is 0 Å². The lowest BCUT2D eigenvalue weighted by molar-refractivity contribution is -0.135. The summed E-state index contributed by atoms with van der Waals surface area (Å²) in [4.78, 5) is 28.6. The smallest absolute Gasteiger partial charge is 0.223 e. The molecule has 2 rings (SSSR count). The highest BCUT2D eigenvalue weighted by Gasteiger charge is 2.26. The molecule has 0 radical (unpaired) electrons. The summed E-state index contributed by atoms with van der Waals surface area (Å²) < 4.78 is 0. The molecule has 1 aliphatic heterocycles. The molecule has 5 nitrogen and oxygen atoms in total. The quantitative estimate of drug-likeness (QED) is 0.733. The number of hydrogen-bond acceptors (Lipinski definition) is 3. The van der Waals surface area contributed by atoms with E-state index < -0.39 is 0 Å². The van der Waals surface area contributed by atoms with Gasteiger partial charge in [0.1, 0.15) is 0 Å². The van der Waals surface area contributed by atoms with Crippen molar-refractivity contribution in [1.29, 1.82) is 0 Å². The van der Waals surface area contributed by atoms with Gasteiger partial charge in [-0.05, 0) is 51.9 Å². The van der Waals surface area contributed by atoms with Crippen molar-refractivity contribution >= 4 is 11.8 Å². The summed E-state index contributed by atoms with van der Waals surface area (Å²) in [5.41, 5.74) is 1.20. The number of nitrogens with one attached hydrogen (secondary N) is 1. The van der Waals surface area contributed by atoms with Gasteiger partial charge in [0.2, 0.25) is 11.8 Å². The van der Waals surface area contributed by atoms with Crippen molar-refractivity contribution in [2.45, 2.75) is 32.1 Å². The normalized spacial score (nSPS) is 15.4. The van der Waals surface area contributed by atoms with Gasteiger partial charge in [-0.3, -0.25) is 9.59 Å². The third kappa shape index (κ3) is 6.86. The van der Waals surface area contributed by atoms with E-state index in [1.165, 1.54) is 5.56 Å². The number of aryl methyl sites for hydroxylation is 1. The highest BCUT2D eigenvalue weighted by atomic mass is 16.2. The first kappa shape index (κ1) is 19.4. The number of benzene rings is 1. The van der Waals surface area contributed by atoms with Crippen molar-refractivity contribution in [3.63, 3.8) is 0 Å². The first-order chi connectivity index (χ1) is 12.1. The molecule has 0 unspecified atom stereocenters. The molecule has 1 aromatic carbocycles. The van der Waals surface area contributed by atoms with Crippen LogP contribution in [0.1, 0.15) is 31.2 Å². The summed E-state index contributed by atoms with van der Waals surface area (Å²) >= 11 is 0. The zero-order valence-electron chi connectivity index (χ0n) is 15.5. The van der Waals surface area contributed by atoms with Crippen LogP contribution in [0.2, 0.25) is 0 Å². The van der Waals surface area contributed by atoms with Crippen molar-refractivity contribution < 1.29 is 9.59 Å². The Balaban J connectivity index is 1.64. The summed E-state index contributed by atoms with van der Waals surface area (Å²) in [5, 5.41) is 3.03. The first-order valence-electron chi connectivity index (χ1n) is 9.30. The van der Waals surface area contributed by atoms with Gasteiger partial charge in [0.05, 0.1) is 0 Å². The molecule has 0 spiro atoms. The van der Waals surface area contributed by atoms with Crippen LogP contribution in [0.3, 0.4) is 0 Å². The minimum Gasteiger partial charge on any atom is -0.356 e.